The fourth-order valence-corrected chi connectivity index (χ4v) is 3.47. The van der Waals surface area contributed by atoms with Gasteiger partial charge < -0.3 is 19.0 Å². The Morgan fingerprint density at radius 3 is 2.13 bits per heavy atom. The van der Waals surface area contributed by atoms with E-state index < -0.39 is 17.7 Å². The number of imidazole rings is 1. The highest BCUT2D eigenvalue weighted by Crippen LogP contribution is 2.17. The lowest BCUT2D eigenvalue weighted by molar-refractivity contribution is 0.0917. The van der Waals surface area contributed by atoms with Crippen molar-refractivity contribution in [2.75, 3.05) is 6.61 Å². The molecule has 2 N–H and O–H groups in total. The highest BCUT2D eigenvalue weighted by atomic mass is 19.1. The molecule has 0 fully saturated rings. The predicted octanol–water partition coefficient (Wildman–Crippen LogP) is 3.69. The molecule has 0 saturated carbocycles. The topological polar surface area (TPSA) is 63.2 Å². The molecule has 1 aromatic heterocycles. The normalized spacial score (nSPS) is 12.2. The van der Waals surface area contributed by atoms with E-state index in [4.69, 9.17) is 10.1 Å². The maximum absolute atomic E-state index is 13.3. The van der Waals surface area contributed by atoms with Crippen molar-refractivity contribution < 1.29 is 18.6 Å². The van der Waals surface area contributed by atoms with Gasteiger partial charge in [0.2, 0.25) is 5.62 Å². The SMILES string of the molecule is N=c1n(Cc2ccccc2)c2ccccc2n1CC(O)COc1cc(F)cc(F)c1. The number of benzene rings is 3. The summed E-state index contributed by atoms with van der Waals surface area (Å²) in [6, 6.07) is 20.3. The summed E-state index contributed by atoms with van der Waals surface area (Å²) in [7, 11) is 0. The summed E-state index contributed by atoms with van der Waals surface area (Å²) in [5.74, 6) is -1.48. The second kappa shape index (κ2) is 8.51. The molecule has 4 rings (SSSR count). The molecule has 0 spiro atoms. The van der Waals surface area contributed by atoms with E-state index in [-0.39, 0.29) is 24.5 Å². The van der Waals surface area contributed by atoms with Crippen molar-refractivity contribution in [2.45, 2.75) is 19.2 Å². The van der Waals surface area contributed by atoms with E-state index in [9.17, 15) is 13.9 Å². The standard InChI is InChI=1S/C23H21F2N3O2/c24-17-10-18(25)12-20(11-17)30-15-19(29)14-28-22-9-5-4-8-21(22)27(23(28)26)13-16-6-2-1-3-7-16/h1-12,19,26,29H,13-15H2. The van der Waals surface area contributed by atoms with Gasteiger partial charge in [-0.15, -0.1) is 0 Å². The zero-order valence-corrected chi connectivity index (χ0v) is 16.1. The van der Waals surface area contributed by atoms with Gasteiger partial charge in [0, 0.05) is 18.2 Å². The molecule has 7 heteroatoms. The van der Waals surface area contributed by atoms with Gasteiger partial charge >= 0.3 is 0 Å². The second-order valence-corrected chi connectivity index (χ2v) is 7.06. The third kappa shape index (κ3) is 4.26. The van der Waals surface area contributed by atoms with Gasteiger partial charge in [-0.3, -0.25) is 5.41 Å². The van der Waals surface area contributed by atoms with E-state index in [0.29, 0.717) is 6.54 Å². The number of para-hydroxylation sites is 2. The van der Waals surface area contributed by atoms with Crippen molar-refractivity contribution in [3.63, 3.8) is 0 Å². The zero-order chi connectivity index (χ0) is 21.1. The summed E-state index contributed by atoms with van der Waals surface area (Å²) >= 11 is 0. The van der Waals surface area contributed by atoms with Crippen LogP contribution in [-0.2, 0) is 13.1 Å². The quantitative estimate of drug-likeness (QED) is 0.489. The van der Waals surface area contributed by atoms with Gasteiger partial charge in [0.25, 0.3) is 0 Å². The number of halogens is 2. The van der Waals surface area contributed by atoms with E-state index in [1.807, 2.05) is 59.2 Å². The molecule has 3 aromatic carbocycles. The number of hydrogen-bond acceptors (Lipinski definition) is 3. The van der Waals surface area contributed by atoms with Crippen molar-refractivity contribution in [2.24, 2.45) is 0 Å². The summed E-state index contributed by atoms with van der Waals surface area (Å²) in [4.78, 5) is 0. The average Bonchev–Trinajstić information content (AvgIpc) is 2.98. The van der Waals surface area contributed by atoms with Crippen LogP contribution in [0.15, 0.2) is 72.8 Å². The number of aromatic nitrogens is 2. The predicted molar refractivity (Wildman–Crippen MR) is 109 cm³/mol. The van der Waals surface area contributed by atoms with Gasteiger partial charge in [0.1, 0.15) is 30.1 Å². The zero-order valence-electron chi connectivity index (χ0n) is 16.1. The average molecular weight is 409 g/mol. The van der Waals surface area contributed by atoms with Crippen molar-refractivity contribution in [3.05, 3.63) is 95.6 Å². The van der Waals surface area contributed by atoms with Crippen molar-refractivity contribution in [1.29, 1.82) is 5.41 Å². The first-order valence-corrected chi connectivity index (χ1v) is 9.55. The van der Waals surface area contributed by atoms with Crippen LogP contribution >= 0.6 is 0 Å². The van der Waals surface area contributed by atoms with E-state index in [1.165, 1.54) is 0 Å². The molecule has 0 aliphatic heterocycles. The smallest absolute Gasteiger partial charge is 0.203 e. The lowest BCUT2D eigenvalue weighted by Crippen LogP contribution is -2.31. The van der Waals surface area contributed by atoms with E-state index in [2.05, 4.69) is 0 Å². The van der Waals surface area contributed by atoms with Crippen LogP contribution in [0.4, 0.5) is 8.78 Å². The molecule has 0 aliphatic rings. The second-order valence-electron chi connectivity index (χ2n) is 7.06. The molecule has 5 nitrogen and oxygen atoms in total. The van der Waals surface area contributed by atoms with Crippen LogP contribution in [0.25, 0.3) is 11.0 Å². The van der Waals surface area contributed by atoms with Crippen LogP contribution in [0.1, 0.15) is 5.56 Å². The molecule has 30 heavy (non-hydrogen) atoms. The highest BCUT2D eigenvalue weighted by molar-refractivity contribution is 5.76. The summed E-state index contributed by atoms with van der Waals surface area (Å²) < 4.78 is 35.5. The van der Waals surface area contributed by atoms with Crippen molar-refractivity contribution in [1.82, 2.24) is 9.13 Å². The van der Waals surface area contributed by atoms with Crippen LogP contribution in [-0.4, -0.2) is 27.0 Å². The highest BCUT2D eigenvalue weighted by Gasteiger charge is 2.15. The van der Waals surface area contributed by atoms with E-state index in [0.717, 1.165) is 34.8 Å². The van der Waals surface area contributed by atoms with Gasteiger partial charge in [0.15, 0.2) is 0 Å². The van der Waals surface area contributed by atoms with Gasteiger partial charge in [-0.1, -0.05) is 42.5 Å². The van der Waals surface area contributed by atoms with Crippen LogP contribution in [0.3, 0.4) is 0 Å². The lowest BCUT2D eigenvalue weighted by Gasteiger charge is -2.14. The Hall–Kier alpha value is -3.45. The molecule has 154 valence electrons. The number of rotatable bonds is 7. The van der Waals surface area contributed by atoms with E-state index >= 15 is 0 Å². The molecule has 1 unspecified atom stereocenters. The maximum Gasteiger partial charge on any atom is 0.203 e. The fraction of sp³-hybridized carbons (Fsp3) is 0.174. The largest absolute Gasteiger partial charge is 0.491 e. The number of aliphatic hydroxyl groups excluding tert-OH is 1. The van der Waals surface area contributed by atoms with Crippen LogP contribution in [0.2, 0.25) is 0 Å². The summed E-state index contributed by atoms with van der Waals surface area (Å²) in [5.41, 5.74) is 3.01. The third-order valence-electron chi connectivity index (χ3n) is 4.83. The first kappa shape index (κ1) is 19.8. The Bertz CT molecular complexity index is 1200. The monoisotopic (exact) mass is 409 g/mol. The third-order valence-corrected chi connectivity index (χ3v) is 4.83. The Morgan fingerprint density at radius 1 is 0.867 bits per heavy atom. The minimum atomic E-state index is -0.971. The van der Waals surface area contributed by atoms with Gasteiger partial charge in [-0.05, 0) is 17.7 Å². The number of aliphatic hydroxyl groups is 1. The van der Waals surface area contributed by atoms with E-state index in [1.54, 1.807) is 4.57 Å². The van der Waals surface area contributed by atoms with Gasteiger partial charge in [-0.25, -0.2) is 8.78 Å². The molecule has 0 bridgehead atoms. The molecule has 4 aromatic rings. The Balaban J connectivity index is 1.56. The van der Waals surface area contributed by atoms with Crippen molar-refractivity contribution >= 4 is 11.0 Å². The van der Waals surface area contributed by atoms with Crippen molar-refractivity contribution in [3.8, 4) is 5.75 Å². The first-order valence-electron chi connectivity index (χ1n) is 9.55. The van der Waals surface area contributed by atoms with Crippen LogP contribution in [0.5, 0.6) is 5.75 Å². The van der Waals surface area contributed by atoms with Crippen LogP contribution < -0.4 is 10.4 Å². The summed E-state index contributed by atoms with van der Waals surface area (Å²) in [6.45, 7) is 0.481. The number of ether oxygens (including phenoxy) is 1. The number of hydrogen-bond donors (Lipinski definition) is 2. The lowest BCUT2D eigenvalue weighted by atomic mass is 10.2. The molecule has 1 atom stereocenters. The Kier molecular flexibility index (Phi) is 5.63. The first-order chi connectivity index (χ1) is 14.5. The Morgan fingerprint density at radius 2 is 1.47 bits per heavy atom. The molecule has 0 amide bonds. The molecular formula is C23H21F2N3O2. The molecule has 0 radical (unpaired) electrons. The maximum atomic E-state index is 13.3. The minimum absolute atomic E-state index is 0.00847. The number of nitrogens with one attached hydrogen (secondary N) is 1. The summed E-state index contributed by atoms with van der Waals surface area (Å²) in [5, 5.41) is 19.1. The molecule has 1 heterocycles. The Labute approximate surface area is 171 Å². The number of fused-ring (bicyclic) bond motifs is 1. The minimum Gasteiger partial charge on any atom is -0.491 e. The molecular weight excluding hydrogens is 388 g/mol. The fourth-order valence-electron chi connectivity index (χ4n) is 3.47. The van der Waals surface area contributed by atoms with Gasteiger partial charge in [-0.2, -0.15) is 0 Å². The van der Waals surface area contributed by atoms with Gasteiger partial charge in [0.05, 0.1) is 24.1 Å². The summed E-state index contributed by atoms with van der Waals surface area (Å²) in [6.07, 6.45) is -0.971. The molecule has 0 saturated heterocycles. The van der Waals surface area contributed by atoms with Crippen LogP contribution in [0, 0.1) is 17.0 Å². The molecule has 0 aliphatic carbocycles. The number of nitrogens with zero attached hydrogens (tertiary/aromatic N) is 2.